The van der Waals surface area contributed by atoms with Gasteiger partial charge in [0.05, 0.1) is 11.7 Å². The number of H-pyrrole nitrogens is 1. The number of ketones is 2. The Balaban J connectivity index is 1.56. The van der Waals surface area contributed by atoms with Crippen LogP contribution in [0.3, 0.4) is 0 Å². The second-order valence-corrected chi connectivity index (χ2v) is 7.83. The fraction of sp³-hybridized carbons (Fsp3) is 0.478. The van der Waals surface area contributed by atoms with Gasteiger partial charge in [0, 0.05) is 44.0 Å². The van der Waals surface area contributed by atoms with Gasteiger partial charge in [-0.1, -0.05) is 30.3 Å². The second-order valence-electron chi connectivity index (χ2n) is 7.83. The van der Waals surface area contributed by atoms with Gasteiger partial charge in [-0.05, 0) is 45.2 Å². The number of Topliss-reactive ketones (excluding diaryl/α,β-unsaturated/α-hetero) is 2. The maximum absolute atomic E-state index is 13.0. The van der Waals surface area contributed by atoms with Gasteiger partial charge in [0.2, 0.25) is 0 Å². The zero-order chi connectivity index (χ0) is 20.3. The van der Waals surface area contributed by atoms with E-state index in [2.05, 4.69) is 39.0 Å². The van der Waals surface area contributed by atoms with Gasteiger partial charge in [0.1, 0.15) is 0 Å². The Morgan fingerprint density at radius 2 is 1.71 bits per heavy atom. The van der Waals surface area contributed by atoms with Crippen molar-refractivity contribution < 1.29 is 9.59 Å². The Hall–Kier alpha value is -2.24. The highest BCUT2D eigenvalue weighted by molar-refractivity contribution is 6.05. The van der Waals surface area contributed by atoms with E-state index in [1.807, 2.05) is 26.8 Å². The molecule has 3 rings (SSSR count). The van der Waals surface area contributed by atoms with Crippen LogP contribution in [0.15, 0.2) is 30.3 Å². The van der Waals surface area contributed by atoms with E-state index in [-0.39, 0.29) is 17.6 Å². The van der Waals surface area contributed by atoms with Crippen molar-refractivity contribution in [1.29, 1.82) is 0 Å². The molecule has 2 aromatic rings. The van der Waals surface area contributed by atoms with Crippen LogP contribution in [-0.2, 0) is 6.42 Å². The van der Waals surface area contributed by atoms with Crippen molar-refractivity contribution in [1.82, 2.24) is 14.8 Å². The number of carbonyl (C=O) groups excluding carboxylic acids is 2. The van der Waals surface area contributed by atoms with E-state index >= 15 is 0 Å². The summed E-state index contributed by atoms with van der Waals surface area (Å²) in [5.74, 6) is 0.0795. The topological polar surface area (TPSA) is 56.4 Å². The number of carbonyl (C=O) groups is 2. The van der Waals surface area contributed by atoms with Crippen LogP contribution < -0.4 is 0 Å². The first kappa shape index (κ1) is 20.5. The van der Waals surface area contributed by atoms with Crippen molar-refractivity contribution in [3.63, 3.8) is 0 Å². The van der Waals surface area contributed by atoms with Crippen LogP contribution in [0.25, 0.3) is 0 Å². The molecule has 2 heterocycles. The van der Waals surface area contributed by atoms with Crippen molar-refractivity contribution in [2.24, 2.45) is 0 Å². The number of aryl methyl sites for hydroxylation is 1. The van der Waals surface area contributed by atoms with Gasteiger partial charge in [-0.2, -0.15) is 0 Å². The summed E-state index contributed by atoms with van der Waals surface area (Å²) in [5.41, 5.74) is 4.17. The summed E-state index contributed by atoms with van der Waals surface area (Å²) in [7, 11) is 0. The van der Waals surface area contributed by atoms with Crippen LogP contribution in [0.1, 0.15) is 51.5 Å². The maximum Gasteiger partial charge on any atom is 0.196 e. The number of hydrogen-bond donors (Lipinski definition) is 1. The molecule has 0 saturated carbocycles. The summed E-state index contributed by atoms with van der Waals surface area (Å²) in [4.78, 5) is 32.8. The smallest absolute Gasteiger partial charge is 0.196 e. The van der Waals surface area contributed by atoms with E-state index in [4.69, 9.17) is 0 Å². The Morgan fingerprint density at radius 1 is 1.07 bits per heavy atom. The normalized spacial score (nSPS) is 16.9. The molecule has 150 valence electrons. The lowest BCUT2D eigenvalue weighted by molar-refractivity contribution is 0.0698. The number of nitrogens with one attached hydrogen (secondary N) is 1. The largest absolute Gasteiger partial charge is 0.355 e. The molecule has 1 aromatic carbocycles. The molecule has 1 fully saturated rings. The zero-order valence-electron chi connectivity index (χ0n) is 17.4. The molecule has 1 aromatic heterocycles. The molecule has 1 unspecified atom stereocenters. The fourth-order valence-corrected chi connectivity index (χ4v) is 4.21. The molecule has 0 bridgehead atoms. The third-order valence-electron chi connectivity index (χ3n) is 5.93. The van der Waals surface area contributed by atoms with Crippen molar-refractivity contribution in [3.8, 4) is 0 Å². The number of nitrogens with zero attached hydrogens (tertiary/aromatic N) is 2. The highest BCUT2D eigenvalue weighted by Gasteiger charge is 2.29. The number of aromatic nitrogens is 1. The van der Waals surface area contributed by atoms with Crippen LogP contribution in [0, 0.1) is 13.8 Å². The SMILES string of the molecule is CC(=O)c1c(C)[nH]c(C(=O)C(C)N2CCN(CCc3ccccc3)CC2)c1C. The van der Waals surface area contributed by atoms with E-state index in [0.29, 0.717) is 11.3 Å². The summed E-state index contributed by atoms with van der Waals surface area (Å²) >= 11 is 0. The van der Waals surface area contributed by atoms with Gasteiger partial charge in [-0.3, -0.25) is 14.5 Å². The Morgan fingerprint density at radius 3 is 2.29 bits per heavy atom. The van der Waals surface area contributed by atoms with E-state index < -0.39 is 0 Å². The van der Waals surface area contributed by atoms with E-state index in [9.17, 15) is 9.59 Å². The minimum Gasteiger partial charge on any atom is -0.355 e. The first-order chi connectivity index (χ1) is 13.4. The molecule has 5 nitrogen and oxygen atoms in total. The minimum atomic E-state index is -0.187. The molecular formula is C23H31N3O2. The van der Waals surface area contributed by atoms with Crippen molar-refractivity contribution >= 4 is 11.6 Å². The summed E-state index contributed by atoms with van der Waals surface area (Å²) in [6.45, 7) is 12.0. The Kier molecular flexibility index (Phi) is 6.47. The number of aromatic amines is 1. The molecule has 1 aliphatic heterocycles. The first-order valence-corrected chi connectivity index (χ1v) is 10.1. The quantitative estimate of drug-likeness (QED) is 0.748. The van der Waals surface area contributed by atoms with Gasteiger partial charge >= 0.3 is 0 Å². The molecule has 0 amide bonds. The summed E-state index contributed by atoms with van der Waals surface area (Å²) in [6.07, 6.45) is 1.06. The summed E-state index contributed by atoms with van der Waals surface area (Å²) in [6, 6.07) is 10.4. The third-order valence-corrected chi connectivity index (χ3v) is 5.93. The van der Waals surface area contributed by atoms with Gasteiger partial charge < -0.3 is 9.88 Å². The minimum absolute atomic E-state index is 0.00461. The van der Waals surface area contributed by atoms with Crippen LogP contribution in [0.5, 0.6) is 0 Å². The maximum atomic E-state index is 13.0. The molecule has 5 heteroatoms. The Bertz CT molecular complexity index is 833. The number of piperazine rings is 1. The van der Waals surface area contributed by atoms with Crippen molar-refractivity contribution in [3.05, 3.63) is 58.4 Å². The first-order valence-electron chi connectivity index (χ1n) is 10.1. The Labute approximate surface area is 167 Å². The molecule has 1 atom stereocenters. The number of rotatable bonds is 7. The van der Waals surface area contributed by atoms with Crippen LogP contribution in [0.2, 0.25) is 0 Å². The van der Waals surface area contributed by atoms with Gasteiger partial charge in [-0.15, -0.1) is 0 Å². The average Bonchev–Trinajstić information content (AvgIpc) is 3.00. The van der Waals surface area contributed by atoms with E-state index in [1.54, 1.807) is 6.92 Å². The molecule has 0 aliphatic carbocycles. The number of benzene rings is 1. The molecule has 28 heavy (non-hydrogen) atoms. The highest BCUT2D eigenvalue weighted by atomic mass is 16.1. The second kappa shape index (κ2) is 8.84. The molecule has 0 spiro atoms. The predicted molar refractivity (Wildman–Crippen MR) is 112 cm³/mol. The molecule has 0 radical (unpaired) electrons. The van der Waals surface area contributed by atoms with Gasteiger partial charge in [0.15, 0.2) is 11.6 Å². The lowest BCUT2D eigenvalue weighted by Gasteiger charge is -2.37. The van der Waals surface area contributed by atoms with E-state index in [0.717, 1.165) is 50.4 Å². The van der Waals surface area contributed by atoms with Gasteiger partial charge in [-0.25, -0.2) is 0 Å². The van der Waals surface area contributed by atoms with Crippen molar-refractivity contribution in [2.45, 2.75) is 40.2 Å². The van der Waals surface area contributed by atoms with Crippen LogP contribution >= 0.6 is 0 Å². The number of hydrogen-bond acceptors (Lipinski definition) is 4. The van der Waals surface area contributed by atoms with Gasteiger partial charge in [0.25, 0.3) is 0 Å². The molecular weight excluding hydrogens is 350 g/mol. The molecule has 1 N–H and O–H groups in total. The molecule has 1 saturated heterocycles. The average molecular weight is 382 g/mol. The summed E-state index contributed by atoms with van der Waals surface area (Å²) in [5, 5.41) is 0. The highest BCUT2D eigenvalue weighted by Crippen LogP contribution is 2.21. The van der Waals surface area contributed by atoms with Crippen LogP contribution in [-0.4, -0.2) is 65.1 Å². The van der Waals surface area contributed by atoms with Crippen molar-refractivity contribution in [2.75, 3.05) is 32.7 Å². The zero-order valence-corrected chi connectivity index (χ0v) is 17.4. The monoisotopic (exact) mass is 381 g/mol. The lowest BCUT2D eigenvalue weighted by atomic mass is 10.0. The third kappa shape index (κ3) is 4.42. The fourth-order valence-electron chi connectivity index (χ4n) is 4.21. The lowest BCUT2D eigenvalue weighted by Crippen LogP contribution is -2.52. The standard InChI is InChI=1S/C23H31N3O2/c1-16-21(19(4)27)17(2)24-22(16)23(28)18(3)26-14-12-25(13-15-26)11-10-20-8-6-5-7-9-20/h5-9,18,24H,10-15H2,1-4H3. The summed E-state index contributed by atoms with van der Waals surface area (Å²) < 4.78 is 0. The molecule has 1 aliphatic rings. The van der Waals surface area contributed by atoms with E-state index in [1.165, 1.54) is 5.56 Å². The predicted octanol–water partition coefficient (Wildman–Crippen LogP) is 3.27. The van der Waals surface area contributed by atoms with Crippen LogP contribution in [0.4, 0.5) is 0 Å².